The number of anilines is 9. The Bertz CT molecular complexity index is 3610. The molecule has 2 aromatic heterocycles. The van der Waals surface area contributed by atoms with Crippen molar-refractivity contribution in [3.63, 3.8) is 0 Å². The summed E-state index contributed by atoms with van der Waals surface area (Å²) in [7, 11) is -9.91. The normalized spacial score (nSPS) is 11.9. The first-order valence-electron chi connectivity index (χ1n) is 19.9. The molecule has 350 valence electrons. The maximum absolute atomic E-state index is 12.7. The molecule has 22 nitrogen and oxygen atoms in total. The summed E-state index contributed by atoms with van der Waals surface area (Å²) >= 11 is 11.8. The van der Waals surface area contributed by atoms with Gasteiger partial charge in [-0.15, -0.1) is 15.3 Å². The average molecular weight is 1010 g/mol. The second-order valence-corrected chi connectivity index (χ2v) is 18.4. The highest BCUT2D eigenvalue weighted by Crippen LogP contribution is 2.47. The number of nitrogens with two attached hydrogens (primary N) is 1. The van der Waals surface area contributed by atoms with Gasteiger partial charge in [-0.05, 0) is 133 Å². The number of fused-ring (bicyclic) bond motifs is 1. The molecular weight excluding hydrogens is 974 g/mol. The van der Waals surface area contributed by atoms with Crippen molar-refractivity contribution < 1.29 is 31.0 Å². The van der Waals surface area contributed by atoms with Gasteiger partial charge >= 0.3 is 0 Å². The van der Waals surface area contributed by atoms with Crippen LogP contribution in [0.3, 0.4) is 0 Å². The molecule has 69 heavy (non-hydrogen) atoms. The fraction of sp³-hybridized carbons (Fsp3) is 0.0698. The standard InChI is InChI=1S/C43H35Cl2N15O7S2/c1-21-8-7-11-26(16-21)48-42-54-41(47-25-9-5-4-6-10-25)55-43(56-42)50-28-14-15-31(68(62,63)64)30(20-28)58-59-35-23(3)17-24-18-32(69(65,66)67)36(34(46)33(24)37(35)61)60-57-29-19-27(13-12-22(29)2)49-40-52-38(44)51-39(45)53-40/h4-20,61H,46H2,1-3H3,(H,62,63,64)(H,65,66,67)(H,49,51,52,53)(H3,47,48,50,54,55,56). The van der Waals surface area contributed by atoms with Crippen molar-refractivity contribution in [1.82, 2.24) is 29.9 Å². The number of aromatic nitrogens is 6. The van der Waals surface area contributed by atoms with Crippen molar-refractivity contribution in [2.75, 3.05) is 27.0 Å². The minimum Gasteiger partial charge on any atom is -0.505 e. The van der Waals surface area contributed by atoms with Crippen LogP contribution in [0.1, 0.15) is 16.7 Å². The lowest BCUT2D eigenvalue weighted by Gasteiger charge is -2.14. The molecule has 8 rings (SSSR count). The third kappa shape index (κ3) is 11.2. The van der Waals surface area contributed by atoms with Crippen molar-refractivity contribution in [1.29, 1.82) is 0 Å². The highest BCUT2D eigenvalue weighted by molar-refractivity contribution is 7.86. The number of halogens is 2. The number of nitrogen functional groups attached to an aromatic ring is 1. The molecule has 0 fully saturated rings. The van der Waals surface area contributed by atoms with Crippen LogP contribution < -0.4 is 27.0 Å². The molecule has 0 saturated carbocycles. The number of rotatable bonds is 14. The molecule has 0 spiro atoms. The molecule has 0 aliphatic heterocycles. The van der Waals surface area contributed by atoms with Crippen molar-refractivity contribution in [2.45, 2.75) is 30.6 Å². The Balaban J connectivity index is 1.16. The van der Waals surface area contributed by atoms with Crippen LogP contribution in [0.5, 0.6) is 5.75 Å². The van der Waals surface area contributed by atoms with Crippen LogP contribution in [0, 0.1) is 20.8 Å². The van der Waals surface area contributed by atoms with E-state index in [1.807, 2.05) is 61.5 Å². The van der Waals surface area contributed by atoms with Gasteiger partial charge in [0, 0.05) is 22.7 Å². The lowest BCUT2D eigenvalue weighted by molar-refractivity contribution is 0.480. The zero-order valence-corrected chi connectivity index (χ0v) is 39.1. The number of azo groups is 2. The molecule has 26 heteroatoms. The fourth-order valence-electron chi connectivity index (χ4n) is 6.68. The van der Waals surface area contributed by atoms with Gasteiger partial charge in [0.25, 0.3) is 20.2 Å². The van der Waals surface area contributed by atoms with Gasteiger partial charge in [-0.1, -0.05) is 36.4 Å². The Kier molecular flexibility index (Phi) is 13.3. The van der Waals surface area contributed by atoms with Crippen molar-refractivity contribution in [2.24, 2.45) is 20.5 Å². The number of aromatic hydroxyl groups is 1. The summed E-state index contributed by atoms with van der Waals surface area (Å²) in [6.45, 7) is 5.13. The average Bonchev–Trinajstić information content (AvgIpc) is 3.26. The molecule has 0 amide bonds. The number of hydrogen-bond donors (Lipinski definition) is 8. The van der Waals surface area contributed by atoms with E-state index in [1.165, 1.54) is 31.2 Å². The summed E-state index contributed by atoms with van der Waals surface area (Å²) < 4.78 is 71.2. The van der Waals surface area contributed by atoms with E-state index in [4.69, 9.17) is 28.9 Å². The van der Waals surface area contributed by atoms with Gasteiger partial charge in [0.2, 0.25) is 34.4 Å². The summed E-state index contributed by atoms with van der Waals surface area (Å²) in [5, 5.41) is 40.1. The highest BCUT2D eigenvalue weighted by atomic mass is 35.5. The highest BCUT2D eigenvalue weighted by Gasteiger charge is 2.25. The number of phenols is 1. The minimum atomic E-state index is -5.00. The zero-order chi connectivity index (χ0) is 49.2. The van der Waals surface area contributed by atoms with Crippen LogP contribution in [-0.2, 0) is 20.2 Å². The van der Waals surface area contributed by atoms with Crippen LogP contribution in [-0.4, -0.2) is 61.0 Å². The largest absolute Gasteiger partial charge is 0.505 e. The van der Waals surface area contributed by atoms with Crippen molar-refractivity contribution >= 4 is 129 Å². The Hall–Kier alpha value is -8.00. The van der Waals surface area contributed by atoms with Crippen LogP contribution in [0.25, 0.3) is 10.8 Å². The molecule has 0 unspecified atom stereocenters. The van der Waals surface area contributed by atoms with Gasteiger partial charge < -0.3 is 32.1 Å². The van der Waals surface area contributed by atoms with E-state index < -0.39 is 47.2 Å². The van der Waals surface area contributed by atoms with Crippen molar-refractivity contribution in [3.8, 4) is 5.75 Å². The van der Waals surface area contributed by atoms with Gasteiger partial charge in [0.1, 0.15) is 26.9 Å². The summed E-state index contributed by atoms with van der Waals surface area (Å²) in [5.41, 5.74) is 8.91. The number of para-hydroxylation sites is 1. The van der Waals surface area contributed by atoms with E-state index in [9.17, 15) is 31.0 Å². The Morgan fingerprint density at radius 1 is 0.522 bits per heavy atom. The molecule has 0 atom stereocenters. The molecule has 6 aromatic carbocycles. The van der Waals surface area contributed by atoms with Gasteiger partial charge in [0.15, 0.2) is 5.75 Å². The minimum absolute atomic E-state index is 0.0168. The summed E-state index contributed by atoms with van der Waals surface area (Å²) in [6, 6.07) is 27.6. The molecule has 2 heterocycles. The quantitative estimate of drug-likeness (QED) is 0.0285. The predicted octanol–water partition coefficient (Wildman–Crippen LogP) is 11.0. The first-order valence-corrected chi connectivity index (χ1v) is 23.6. The van der Waals surface area contributed by atoms with E-state index in [2.05, 4.69) is 71.6 Å². The third-order valence-electron chi connectivity index (χ3n) is 9.81. The fourth-order valence-corrected chi connectivity index (χ4v) is 8.32. The third-order valence-corrected chi connectivity index (χ3v) is 11.9. The maximum Gasteiger partial charge on any atom is 0.296 e. The van der Waals surface area contributed by atoms with E-state index in [1.54, 1.807) is 19.1 Å². The molecule has 0 saturated heterocycles. The molecular formula is C43H35Cl2N15O7S2. The predicted molar refractivity (Wildman–Crippen MR) is 261 cm³/mol. The maximum atomic E-state index is 12.7. The van der Waals surface area contributed by atoms with Crippen LogP contribution in [0.4, 0.5) is 75.0 Å². The number of phenolic OH excluding ortho intramolecular Hbond substituents is 1. The monoisotopic (exact) mass is 1010 g/mol. The molecule has 0 aliphatic carbocycles. The van der Waals surface area contributed by atoms with Gasteiger partial charge in [-0.3, -0.25) is 9.11 Å². The molecule has 0 aliphatic rings. The van der Waals surface area contributed by atoms with Gasteiger partial charge in [0.05, 0.1) is 16.8 Å². The first kappa shape index (κ1) is 47.5. The Morgan fingerprint density at radius 3 is 1.65 bits per heavy atom. The summed E-state index contributed by atoms with van der Waals surface area (Å²) in [4.78, 5) is 23.8. The van der Waals surface area contributed by atoms with Crippen molar-refractivity contribution in [3.05, 3.63) is 130 Å². The zero-order valence-electron chi connectivity index (χ0n) is 35.9. The van der Waals surface area contributed by atoms with E-state index >= 15 is 0 Å². The van der Waals surface area contributed by atoms with Gasteiger partial charge in [-0.2, -0.15) is 51.9 Å². The molecule has 0 bridgehead atoms. The second kappa shape index (κ2) is 19.3. The van der Waals surface area contributed by atoms with Crippen LogP contribution in [0.15, 0.2) is 133 Å². The van der Waals surface area contributed by atoms with Gasteiger partial charge in [-0.25, -0.2) is 0 Å². The SMILES string of the molecule is Cc1cccc(Nc2nc(Nc3ccccc3)nc(Nc3ccc(S(=O)(=O)O)c(N=Nc4c(C)cc5cc(S(=O)(=O)O)c(N=Nc6cc(Nc7nc(Cl)nc(Cl)n7)ccc6C)c(N)c5c4O)c3)n2)c1. The van der Waals surface area contributed by atoms with E-state index in [-0.39, 0.29) is 73.4 Å². The second-order valence-electron chi connectivity index (χ2n) is 14.9. The smallest absolute Gasteiger partial charge is 0.296 e. The number of benzene rings is 6. The Labute approximate surface area is 402 Å². The number of nitrogens with zero attached hydrogens (tertiary/aromatic N) is 10. The summed E-state index contributed by atoms with van der Waals surface area (Å²) in [5.74, 6) is -0.270. The van der Waals surface area contributed by atoms with E-state index in [0.29, 0.717) is 22.6 Å². The first-order chi connectivity index (χ1) is 32.8. The number of nitrogens with one attached hydrogen (secondary N) is 4. The lowest BCUT2D eigenvalue weighted by atomic mass is 10.0. The number of aryl methyl sites for hydroxylation is 3. The molecule has 0 radical (unpaired) electrons. The molecule has 9 N–H and O–H groups in total. The van der Waals surface area contributed by atoms with Crippen LogP contribution in [0.2, 0.25) is 10.6 Å². The number of hydrogen-bond acceptors (Lipinski definition) is 20. The lowest BCUT2D eigenvalue weighted by Crippen LogP contribution is -2.07. The topological polar surface area (TPSA) is 330 Å². The Morgan fingerprint density at radius 2 is 1.04 bits per heavy atom. The van der Waals surface area contributed by atoms with E-state index in [0.717, 1.165) is 17.7 Å². The molecule has 8 aromatic rings. The summed E-state index contributed by atoms with van der Waals surface area (Å²) in [6.07, 6.45) is 0. The van der Waals surface area contributed by atoms with Crippen LogP contribution >= 0.6 is 23.2 Å².